The highest BCUT2D eigenvalue weighted by atomic mass is 35.5. The van der Waals surface area contributed by atoms with Gasteiger partial charge in [-0.05, 0) is 81.6 Å². The summed E-state index contributed by atoms with van der Waals surface area (Å²) in [6.07, 6.45) is 10.5. The zero-order valence-corrected chi connectivity index (χ0v) is 17.6. The van der Waals surface area contributed by atoms with Gasteiger partial charge in [-0.1, -0.05) is 0 Å². The van der Waals surface area contributed by atoms with Crippen LogP contribution in [0.5, 0.6) is 0 Å². The minimum Gasteiger partial charge on any atom is -0.354 e. The molecule has 1 saturated carbocycles. The third-order valence-corrected chi connectivity index (χ3v) is 6.74. The van der Waals surface area contributed by atoms with Crippen molar-refractivity contribution in [2.45, 2.75) is 51.5 Å². The van der Waals surface area contributed by atoms with Crippen LogP contribution in [0.2, 0.25) is 0 Å². The van der Waals surface area contributed by atoms with Crippen molar-refractivity contribution >= 4 is 30.6 Å². The number of piperazine rings is 1. The van der Waals surface area contributed by atoms with Crippen LogP contribution in [-0.2, 0) is 0 Å². The molecule has 3 fully saturated rings. The summed E-state index contributed by atoms with van der Waals surface area (Å²) in [5.74, 6) is 1.16. The van der Waals surface area contributed by atoms with Gasteiger partial charge in [0.05, 0.1) is 0 Å². The first-order chi connectivity index (χ1) is 11.7. The van der Waals surface area contributed by atoms with Crippen molar-refractivity contribution in [3.8, 4) is 0 Å². The van der Waals surface area contributed by atoms with E-state index in [1.165, 1.54) is 70.3 Å². The van der Waals surface area contributed by atoms with Crippen molar-refractivity contribution in [2.75, 3.05) is 44.2 Å². The van der Waals surface area contributed by atoms with E-state index >= 15 is 0 Å². The number of hydrogen-bond acceptors (Lipinski definition) is 4. The van der Waals surface area contributed by atoms with E-state index in [0.717, 1.165) is 24.9 Å². The minimum absolute atomic E-state index is 0. The van der Waals surface area contributed by atoms with Crippen LogP contribution >= 0.6 is 24.8 Å². The Morgan fingerprint density at radius 1 is 1.00 bits per heavy atom. The standard InChI is InChI=1S/C20H32N4.2ClH/c1-17-4-9-22-19(16-17)24-14-12-23(13-15-24)18-2-5-20(6-3-18)7-10-21-11-8-20;;/h4,9,16,18,21H,2-3,5-8,10-15H2,1H3;2*1H. The number of anilines is 1. The Labute approximate surface area is 170 Å². The third kappa shape index (κ3) is 4.83. The predicted octanol–water partition coefficient (Wildman–Crippen LogP) is 3.67. The van der Waals surface area contributed by atoms with Crippen molar-refractivity contribution < 1.29 is 0 Å². The maximum Gasteiger partial charge on any atom is 0.128 e. The molecule has 1 aliphatic carbocycles. The molecule has 0 radical (unpaired) electrons. The molecule has 4 rings (SSSR count). The maximum atomic E-state index is 4.56. The lowest BCUT2D eigenvalue weighted by molar-refractivity contribution is 0.0626. The molecule has 1 N–H and O–H groups in total. The Hall–Kier alpha value is -0.550. The second kappa shape index (κ2) is 9.59. The van der Waals surface area contributed by atoms with Crippen LogP contribution in [-0.4, -0.2) is 55.2 Å². The molecule has 4 nitrogen and oxygen atoms in total. The molecule has 2 saturated heterocycles. The second-order valence-corrected chi connectivity index (χ2v) is 8.20. The Kier molecular flexibility index (Phi) is 8.02. The predicted molar refractivity (Wildman–Crippen MR) is 114 cm³/mol. The fourth-order valence-corrected chi connectivity index (χ4v) is 5.05. The van der Waals surface area contributed by atoms with Gasteiger partial charge in [-0.15, -0.1) is 24.8 Å². The summed E-state index contributed by atoms with van der Waals surface area (Å²) in [6, 6.07) is 5.13. The van der Waals surface area contributed by atoms with Gasteiger partial charge in [-0.3, -0.25) is 4.90 Å². The van der Waals surface area contributed by atoms with Crippen LogP contribution in [0.3, 0.4) is 0 Å². The van der Waals surface area contributed by atoms with E-state index in [2.05, 4.69) is 39.2 Å². The van der Waals surface area contributed by atoms with E-state index in [0.29, 0.717) is 5.41 Å². The van der Waals surface area contributed by atoms with Crippen LogP contribution in [0, 0.1) is 12.3 Å². The minimum atomic E-state index is 0. The number of rotatable bonds is 2. The zero-order valence-electron chi connectivity index (χ0n) is 16.0. The highest BCUT2D eigenvalue weighted by Crippen LogP contribution is 2.44. The van der Waals surface area contributed by atoms with E-state index < -0.39 is 0 Å². The average Bonchev–Trinajstić information content (AvgIpc) is 2.63. The molecule has 0 bridgehead atoms. The number of piperidine rings is 1. The summed E-state index contributed by atoms with van der Waals surface area (Å²) < 4.78 is 0. The zero-order chi connectivity index (χ0) is 16.4. The maximum absolute atomic E-state index is 4.56. The molecule has 26 heavy (non-hydrogen) atoms. The van der Waals surface area contributed by atoms with Gasteiger partial charge >= 0.3 is 0 Å². The van der Waals surface area contributed by atoms with Gasteiger partial charge in [-0.2, -0.15) is 0 Å². The van der Waals surface area contributed by atoms with Crippen molar-refractivity contribution in [1.29, 1.82) is 0 Å². The Morgan fingerprint density at radius 3 is 2.27 bits per heavy atom. The van der Waals surface area contributed by atoms with Gasteiger partial charge in [0, 0.05) is 38.4 Å². The molecule has 1 aromatic rings. The Bertz CT molecular complexity index is 544. The van der Waals surface area contributed by atoms with E-state index in [1.807, 2.05) is 6.20 Å². The molecule has 6 heteroatoms. The van der Waals surface area contributed by atoms with Crippen molar-refractivity contribution in [3.63, 3.8) is 0 Å². The first-order valence-corrected chi connectivity index (χ1v) is 9.87. The lowest BCUT2D eigenvalue weighted by atomic mass is 9.67. The quantitative estimate of drug-likeness (QED) is 0.820. The molecule has 0 unspecified atom stereocenters. The molecule has 1 aromatic heterocycles. The van der Waals surface area contributed by atoms with Gasteiger partial charge in [0.15, 0.2) is 0 Å². The number of aryl methyl sites for hydroxylation is 1. The molecule has 3 heterocycles. The molecule has 0 aromatic carbocycles. The van der Waals surface area contributed by atoms with E-state index in [4.69, 9.17) is 0 Å². The van der Waals surface area contributed by atoms with Crippen molar-refractivity contribution in [1.82, 2.24) is 15.2 Å². The van der Waals surface area contributed by atoms with Crippen LogP contribution in [0.1, 0.15) is 44.1 Å². The summed E-state index contributed by atoms with van der Waals surface area (Å²) in [6.45, 7) is 9.30. The summed E-state index contributed by atoms with van der Waals surface area (Å²) in [4.78, 5) is 9.78. The Balaban J connectivity index is 0.00000121. The largest absolute Gasteiger partial charge is 0.354 e. The summed E-state index contributed by atoms with van der Waals surface area (Å²) in [5, 5.41) is 3.53. The van der Waals surface area contributed by atoms with Crippen molar-refractivity contribution in [3.05, 3.63) is 23.9 Å². The smallest absolute Gasteiger partial charge is 0.128 e. The number of pyridine rings is 1. The number of nitrogens with zero attached hydrogens (tertiary/aromatic N) is 3. The Morgan fingerprint density at radius 2 is 1.65 bits per heavy atom. The molecule has 0 atom stereocenters. The second-order valence-electron chi connectivity index (χ2n) is 8.20. The summed E-state index contributed by atoms with van der Waals surface area (Å²) in [5.41, 5.74) is 2.00. The van der Waals surface area contributed by atoms with Gasteiger partial charge < -0.3 is 10.2 Å². The molecular weight excluding hydrogens is 367 g/mol. The lowest BCUT2D eigenvalue weighted by Gasteiger charge is -2.47. The van der Waals surface area contributed by atoms with Gasteiger partial charge in [0.2, 0.25) is 0 Å². The van der Waals surface area contributed by atoms with Gasteiger partial charge in [-0.25, -0.2) is 4.98 Å². The first-order valence-electron chi connectivity index (χ1n) is 9.87. The van der Waals surface area contributed by atoms with Crippen LogP contribution in [0.25, 0.3) is 0 Å². The number of hydrogen-bond donors (Lipinski definition) is 1. The number of nitrogens with one attached hydrogen (secondary N) is 1. The van der Waals surface area contributed by atoms with Gasteiger partial charge in [0.1, 0.15) is 5.82 Å². The number of halogens is 2. The fraction of sp³-hybridized carbons (Fsp3) is 0.750. The molecule has 3 aliphatic rings. The van der Waals surface area contributed by atoms with Crippen LogP contribution in [0.4, 0.5) is 5.82 Å². The molecule has 1 spiro atoms. The highest BCUT2D eigenvalue weighted by Gasteiger charge is 2.38. The third-order valence-electron chi connectivity index (χ3n) is 6.74. The lowest BCUT2D eigenvalue weighted by Crippen LogP contribution is -2.52. The summed E-state index contributed by atoms with van der Waals surface area (Å²) in [7, 11) is 0. The molecular formula is C20H34Cl2N4. The van der Waals surface area contributed by atoms with E-state index in [-0.39, 0.29) is 24.8 Å². The van der Waals surface area contributed by atoms with Crippen molar-refractivity contribution in [2.24, 2.45) is 5.41 Å². The monoisotopic (exact) mass is 400 g/mol. The molecule has 148 valence electrons. The first kappa shape index (κ1) is 21.7. The van der Waals surface area contributed by atoms with Crippen LogP contribution < -0.4 is 10.2 Å². The van der Waals surface area contributed by atoms with E-state index in [1.54, 1.807) is 0 Å². The van der Waals surface area contributed by atoms with Gasteiger partial charge in [0.25, 0.3) is 0 Å². The average molecular weight is 401 g/mol. The number of aromatic nitrogens is 1. The van der Waals surface area contributed by atoms with Crippen LogP contribution in [0.15, 0.2) is 18.3 Å². The summed E-state index contributed by atoms with van der Waals surface area (Å²) >= 11 is 0. The topological polar surface area (TPSA) is 31.4 Å². The highest BCUT2D eigenvalue weighted by molar-refractivity contribution is 5.85. The SMILES string of the molecule is Cc1ccnc(N2CCN(C3CCC4(CCNCC4)CC3)CC2)c1.Cl.Cl. The molecule has 2 aliphatic heterocycles. The van der Waals surface area contributed by atoms with E-state index in [9.17, 15) is 0 Å². The normalized spacial score (nSPS) is 24.0. The fourth-order valence-electron chi connectivity index (χ4n) is 5.05. The molecule has 0 amide bonds.